The van der Waals surface area contributed by atoms with Crippen molar-refractivity contribution in [2.45, 2.75) is 13.8 Å². The molecule has 0 unspecified atom stereocenters. The largest absolute Gasteiger partial charge is 0.320 e. The number of nitrogens with one attached hydrogen (secondary N) is 2. The van der Waals surface area contributed by atoms with E-state index in [9.17, 15) is 4.79 Å². The van der Waals surface area contributed by atoms with E-state index < -0.39 is 0 Å². The zero-order chi connectivity index (χ0) is 13.8. The molecule has 0 aliphatic rings. The number of aryl methyl sites for hydroxylation is 2. The van der Waals surface area contributed by atoms with Crippen LogP contribution in [0.2, 0.25) is 0 Å². The van der Waals surface area contributed by atoms with E-state index in [0.29, 0.717) is 10.4 Å². The molecule has 0 aromatic carbocycles. The average Bonchev–Trinajstić information content (AvgIpc) is 2.97. The maximum Gasteiger partial charge on any atom is 0.267 e. The number of amides is 1. The van der Waals surface area contributed by atoms with Crippen molar-refractivity contribution < 1.29 is 4.79 Å². The monoisotopic (exact) mass is 274 g/mol. The molecule has 2 heterocycles. The van der Waals surface area contributed by atoms with Crippen LogP contribution in [0.3, 0.4) is 0 Å². The van der Waals surface area contributed by atoms with Gasteiger partial charge in [-0.15, -0.1) is 11.3 Å². The third-order valence-corrected chi connectivity index (χ3v) is 3.48. The van der Waals surface area contributed by atoms with E-state index in [2.05, 4.69) is 27.4 Å². The number of aromatic nitrogens is 2. The van der Waals surface area contributed by atoms with Gasteiger partial charge < -0.3 is 11.1 Å². The predicted molar refractivity (Wildman–Crippen MR) is 76.3 cm³/mol. The van der Waals surface area contributed by atoms with Gasteiger partial charge in [0.25, 0.3) is 5.91 Å². The molecule has 0 saturated heterocycles. The molecule has 0 spiro atoms. The summed E-state index contributed by atoms with van der Waals surface area (Å²) in [5.74, 6) is 5.47. The number of nitrogens with zero attached hydrogens (tertiary/aromatic N) is 1. The molecule has 1 amide bonds. The Morgan fingerprint density at radius 1 is 1.58 bits per heavy atom. The summed E-state index contributed by atoms with van der Waals surface area (Å²) in [7, 11) is 0. The lowest BCUT2D eigenvalue weighted by Crippen LogP contribution is -2.12. The number of rotatable bonds is 2. The van der Waals surface area contributed by atoms with Gasteiger partial charge in [-0.05, 0) is 25.3 Å². The lowest BCUT2D eigenvalue weighted by Gasteiger charge is -2.03. The zero-order valence-electron chi connectivity index (χ0n) is 10.7. The Hall–Kier alpha value is -2.10. The second kappa shape index (κ2) is 5.69. The van der Waals surface area contributed by atoms with Crippen LogP contribution < -0.4 is 11.1 Å². The van der Waals surface area contributed by atoms with Crippen molar-refractivity contribution in [3.63, 3.8) is 0 Å². The predicted octanol–water partition coefficient (Wildman–Crippen LogP) is 1.65. The lowest BCUT2D eigenvalue weighted by molar-refractivity contribution is 0.103. The third-order valence-electron chi connectivity index (χ3n) is 2.56. The van der Waals surface area contributed by atoms with Gasteiger partial charge in [-0.2, -0.15) is 5.10 Å². The zero-order valence-corrected chi connectivity index (χ0v) is 11.5. The van der Waals surface area contributed by atoms with E-state index in [1.807, 2.05) is 25.3 Å². The lowest BCUT2D eigenvalue weighted by atomic mass is 10.2. The van der Waals surface area contributed by atoms with Gasteiger partial charge >= 0.3 is 0 Å². The van der Waals surface area contributed by atoms with E-state index in [-0.39, 0.29) is 12.5 Å². The molecular weight excluding hydrogens is 260 g/mol. The number of aromatic amines is 1. The summed E-state index contributed by atoms with van der Waals surface area (Å²) in [4.78, 5) is 12.8. The molecule has 0 atom stereocenters. The van der Waals surface area contributed by atoms with E-state index in [1.54, 1.807) is 0 Å². The standard InChI is InChI=1S/C13H14N4OS/c1-8-11(9(2)17-16-8)15-13(18)12-10(4-3-6-14)5-7-19-12/h5,7H,6,14H2,1-2H3,(H,15,18)(H,16,17). The summed E-state index contributed by atoms with van der Waals surface area (Å²) >= 11 is 1.36. The SMILES string of the molecule is Cc1n[nH]c(C)c1NC(=O)c1sccc1C#CCN. The Morgan fingerprint density at radius 3 is 3.00 bits per heavy atom. The maximum atomic E-state index is 12.2. The highest BCUT2D eigenvalue weighted by atomic mass is 32.1. The molecule has 6 heteroatoms. The summed E-state index contributed by atoms with van der Waals surface area (Å²) in [6, 6.07) is 1.82. The van der Waals surface area contributed by atoms with Gasteiger partial charge in [0.1, 0.15) is 4.88 Å². The second-order valence-electron chi connectivity index (χ2n) is 3.93. The Balaban J connectivity index is 2.24. The topological polar surface area (TPSA) is 83.8 Å². The van der Waals surface area contributed by atoms with Gasteiger partial charge in [-0.25, -0.2) is 0 Å². The molecule has 2 rings (SSSR count). The molecule has 4 N–H and O–H groups in total. The minimum atomic E-state index is -0.177. The molecule has 19 heavy (non-hydrogen) atoms. The van der Waals surface area contributed by atoms with Crippen molar-refractivity contribution in [1.29, 1.82) is 0 Å². The molecule has 0 radical (unpaired) electrons. The van der Waals surface area contributed by atoms with Crippen molar-refractivity contribution >= 4 is 22.9 Å². The van der Waals surface area contributed by atoms with E-state index in [4.69, 9.17) is 5.73 Å². The first-order valence-electron chi connectivity index (χ1n) is 5.72. The van der Waals surface area contributed by atoms with Crippen LogP contribution in [0, 0.1) is 25.7 Å². The van der Waals surface area contributed by atoms with Crippen LogP contribution in [-0.2, 0) is 0 Å². The van der Waals surface area contributed by atoms with E-state index in [1.165, 1.54) is 11.3 Å². The van der Waals surface area contributed by atoms with Crippen LogP contribution in [0.5, 0.6) is 0 Å². The fourth-order valence-corrected chi connectivity index (χ4v) is 2.38. The molecule has 2 aromatic rings. The summed E-state index contributed by atoms with van der Waals surface area (Å²) in [5, 5.41) is 11.6. The normalized spacial score (nSPS) is 9.84. The number of thiophene rings is 1. The van der Waals surface area contributed by atoms with Gasteiger partial charge in [-0.3, -0.25) is 9.89 Å². The van der Waals surface area contributed by atoms with Crippen LogP contribution in [0.4, 0.5) is 5.69 Å². The van der Waals surface area contributed by atoms with Crippen molar-refractivity contribution in [2.24, 2.45) is 5.73 Å². The fourth-order valence-electron chi connectivity index (χ4n) is 1.64. The second-order valence-corrected chi connectivity index (χ2v) is 4.85. The van der Waals surface area contributed by atoms with Crippen molar-refractivity contribution in [2.75, 3.05) is 11.9 Å². The number of carbonyl (C=O) groups excluding carboxylic acids is 1. The number of anilines is 1. The highest BCUT2D eigenvalue weighted by Gasteiger charge is 2.15. The molecule has 0 aliphatic heterocycles. The fraction of sp³-hybridized carbons (Fsp3) is 0.231. The Labute approximate surface area is 115 Å². The van der Waals surface area contributed by atoms with Gasteiger partial charge in [0.2, 0.25) is 0 Å². The number of H-pyrrole nitrogens is 1. The Morgan fingerprint density at radius 2 is 2.37 bits per heavy atom. The van der Waals surface area contributed by atoms with Gasteiger partial charge in [0, 0.05) is 5.56 Å². The summed E-state index contributed by atoms with van der Waals surface area (Å²) in [6.45, 7) is 3.97. The number of hydrogen-bond acceptors (Lipinski definition) is 4. The summed E-state index contributed by atoms with van der Waals surface area (Å²) < 4.78 is 0. The average molecular weight is 274 g/mol. The van der Waals surface area contributed by atoms with Crippen LogP contribution >= 0.6 is 11.3 Å². The Kier molecular flexibility index (Phi) is 4.00. The third kappa shape index (κ3) is 2.84. The van der Waals surface area contributed by atoms with Gasteiger partial charge in [0.05, 0.1) is 23.6 Å². The minimum Gasteiger partial charge on any atom is -0.320 e. The molecular formula is C13H14N4OS. The maximum absolute atomic E-state index is 12.2. The summed E-state index contributed by atoms with van der Waals surface area (Å²) in [6.07, 6.45) is 0. The summed E-state index contributed by atoms with van der Waals surface area (Å²) in [5.41, 5.74) is 8.35. The first-order chi connectivity index (χ1) is 9.13. The molecule has 0 bridgehead atoms. The molecule has 0 saturated carbocycles. The molecule has 98 valence electrons. The highest BCUT2D eigenvalue weighted by molar-refractivity contribution is 7.12. The molecule has 5 nitrogen and oxygen atoms in total. The first kappa shape index (κ1) is 13.3. The van der Waals surface area contributed by atoms with Crippen molar-refractivity contribution in [3.8, 4) is 11.8 Å². The minimum absolute atomic E-state index is 0.177. The van der Waals surface area contributed by atoms with E-state index in [0.717, 1.165) is 17.1 Å². The molecule has 0 fully saturated rings. The quantitative estimate of drug-likeness (QED) is 0.728. The smallest absolute Gasteiger partial charge is 0.267 e. The highest BCUT2D eigenvalue weighted by Crippen LogP contribution is 2.21. The van der Waals surface area contributed by atoms with Crippen LogP contribution in [0.25, 0.3) is 0 Å². The van der Waals surface area contributed by atoms with Crippen LogP contribution in [-0.4, -0.2) is 22.6 Å². The van der Waals surface area contributed by atoms with Crippen molar-refractivity contribution in [1.82, 2.24) is 10.2 Å². The number of nitrogens with two attached hydrogens (primary N) is 1. The molecule has 0 aliphatic carbocycles. The van der Waals surface area contributed by atoms with E-state index >= 15 is 0 Å². The van der Waals surface area contributed by atoms with Gasteiger partial charge in [-0.1, -0.05) is 11.8 Å². The van der Waals surface area contributed by atoms with Crippen LogP contribution in [0.1, 0.15) is 26.6 Å². The number of carbonyl (C=O) groups is 1. The van der Waals surface area contributed by atoms with Crippen molar-refractivity contribution in [3.05, 3.63) is 33.3 Å². The number of hydrogen-bond donors (Lipinski definition) is 3. The Bertz CT molecular complexity index is 640. The van der Waals surface area contributed by atoms with Gasteiger partial charge in [0.15, 0.2) is 0 Å². The van der Waals surface area contributed by atoms with Crippen LogP contribution in [0.15, 0.2) is 11.4 Å². The first-order valence-corrected chi connectivity index (χ1v) is 6.60. The molecule has 2 aromatic heterocycles.